The molecular weight excluding hydrogens is 214 g/mol. The maximum atomic E-state index is 8.88. The summed E-state index contributed by atoms with van der Waals surface area (Å²) >= 11 is 0. The maximum absolute atomic E-state index is 8.88. The molecule has 0 radical (unpaired) electrons. The van der Waals surface area contributed by atoms with E-state index in [0.29, 0.717) is 6.54 Å². The number of likely N-dealkylation sites (N-methyl/N-ethyl adjacent to an activating group) is 1. The van der Waals surface area contributed by atoms with Crippen molar-refractivity contribution < 1.29 is 1.37 Å². The molecule has 0 aliphatic carbocycles. The molecule has 88 valence electrons. The molecule has 1 aromatic carbocycles. The van der Waals surface area contributed by atoms with Gasteiger partial charge in [0.15, 0.2) is 5.82 Å². The zero-order valence-electron chi connectivity index (χ0n) is 10.9. The zero-order chi connectivity index (χ0) is 12.8. The van der Waals surface area contributed by atoms with E-state index in [1.807, 2.05) is 44.3 Å². The molecule has 0 N–H and O–H groups in total. The van der Waals surface area contributed by atoms with Gasteiger partial charge in [0.25, 0.3) is 0 Å². The fraction of sp³-hybridized carbons (Fsp3) is 0.417. The van der Waals surface area contributed by atoms with Gasteiger partial charge in [-0.25, -0.2) is 4.68 Å². The van der Waals surface area contributed by atoms with E-state index >= 15 is 0 Å². The van der Waals surface area contributed by atoms with E-state index in [1.165, 1.54) is 0 Å². The van der Waals surface area contributed by atoms with Gasteiger partial charge in [-0.1, -0.05) is 30.3 Å². The van der Waals surface area contributed by atoms with Crippen LogP contribution < -0.4 is 0 Å². The molecule has 0 fully saturated rings. The summed E-state index contributed by atoms with van der Waals surface area (Å²) in [5, 5.41) is 11.7. The van der Waals surface area contributed by atoms with E-state index in [9.17, 15) is 0 Å². The van der Waals surface area contributed by atoms with Crippen LogP contribution in [0, 0.1) is 0 Å². The molecule has 2 heterocycles. The number of benzene rings is 1. The molecule has 2 atom stereocenters. The summed E-state index contributed by atoms with van der Waals surface area (Å²) in [7, 11) is 2.00. The fourth-order valence-electron chi connectivity index (χ4n) is 2.21. The normalized spacial score (nSPS) is 29.8. The first-order chi connectivity index (χ1) is 8.64. The molecular formula is C12H15N5. The highest BCUT2D eigenvalue weighted by Gasteiger charge is 2.32. The van der Waals surface area contributed by atoms with Gasteiger partial charge in [0.1, 0.15) is 0 Å². The Morgan fingerprint density at radius 1 is 1.35 bits per heavy atom. The molecule has 17 heavy (non-hydrogen) atoms. The second-order valence-corrected chi connectivity index (χ2v) is 4.35. The topological polar surface area (TPSA) is 46.8 Å². The van der Waals surface area contributed by atoms with Crippen molar-refractivity contribution >= 4 is 0 Å². The van der Waals surface area contributed by atoms with Gasteiger partial charge < -0.3 is 0 Å². The van der Waals surface area contributed by atoms with Crippen LogP contribution in [0.25, 0.3) is 0 Å². The van der Waals surface area contributed by atoms with Crippen LogP contribution in [0.3, 0.4) is 0 Å². The first kappa shape index (κ1) is 9.30. The number of rotatable bonds is 1. The first-order valence-electron chi connectivity index (χ1n) is 6.17. The van der Waals surface area contributed by atoms with Gasteiger partial charge >= 0.3 is 0 Å². The average Bonchev–Trinajstić information content (AvgIpc) is 2.86. The third-order valence-corrected chi connectivity index (χ3v) is 3.28. The average molecular weight is 230 g/mol. The Kier molecular flexibility index (Phi) is 2.15. The lowest BCUT2D eigenvalue weighted by molar-refractivity contribution is 0.152. The summed E-state index contributed by atoms with van der Waals surface area (Å²) in [6.45, 7) is 2.70. The van der Waals surface area contributed by atoms with Gasteiger partial charge in [-0.15, -0.1) is 5.10 Å². The molecule has 1 aromatic heterocycles. The van der Waals surface area contributed by atoms with E-state index in [1.54, 1.807) is 4.68 Å². The van der Waals surface area contributed by atoms with Crippen LogP contribution in [0.2, 0.25) is 0 Å². The summed E-state index contributed by atoms with van der Waals surface area (Å²) < 4.78 is 10.5. The number of aromatic nitrogens is 4. The molecule has 0 saturated carbocycles. The van der Waals surface area contributed by atoms with Gasteiger partial charge in [-0.05, 0) is 30.0 Å². The fourth-order valence-corrected chi connectivity index (χ4v) is 2.21. The van der Waals surface area contributed by atoms with Crippen LogP contribution in [0.15, 0.2) is 30.3 Å². The quantitative estimate of drug-likeness (QED) is 0.736. The summed E-state index contributed by atoms with van der Waals surface area (Å²) in [6, 6.07) is 8.75. The van der Waals surface area contributed by atoms with Crippen LogP contribution in [-0.4, -0.2) is 38.2 Å². The summed E-state index contributed by atoms with van der Waals surface area (Å²) in [4.78, 5) is 2.10. The predicted octanol–water partition coefficient (Wildman–Crippen LogP) is 1.10. The van der Waals surface area contributed by atoms with Gasteiger partial charge in [-0.3, -0.25) is 4.90 Å². The Hall–Kier alpha value is -1.75. The standard InChI is InChI=1S/C12H15N5/c1-9-12(10-6-4-3-5-7-10)17-11(8-16(9)2)13-14-15-17/h3-7,9,12H,8H2,1-2H3/t9-,12+/m0/s1/i12D. The molecule has 0 spiro atoms. The Balaban J connectivity index is 2.21. The zero-order valence-corrected chi connectivity index (χ0v) is 9.91. The largest absolute Gasteiger partial charge is 0.294 e. The lowest BCUT2D eigenvalue weighted by Crippen LogP contribution is -2.43. The van der Waals surface area contributed by atoms with Crippen LogP contribution in [0.5, 0.6) is 0 Å². The number of hydrogen-bond acceptors (Lipinski definition) is 4. The van der Waals surface area contributed by atoms with Crippen molar-refractivity contribution in [2.45, 2.75) is 25.5 Å². The minimum absolute atomic E-state index is 0.00380. The van der Waals surface area contributed by atoms with E-state index in [2.05, 4.69) is 20.4 Å². The number of tetrazole rings is 1. The second kappa shape index (κ2) is 3.92. The molecule has 0 unspecified atom stereocenters. The summed E-state index contributed by atoms with van der Waals surface area (Å²) in [5.41, 5.74) is 0.901. The lowest BCUT2D eigenvalue weighted by Gasteiger charge is -2.36. The van der Waals surface area contributed by atoms with Gasteiger partial charge in [-0.2, -0.15) is 0 Å². The highest BCUT2D eigenvalue weighted by atomic mass is 15.6. The van der Waals surface area contributed by atoms with Crippen LogP contribution in [-0.2, 0) is 6.54 Å². The number of nitrogens with zero attached hydrogens (tertiary/aromatic N) is 5. The minimum Gasteiger partial charge on any atom is -0.294 e. The molecule has 5 heteroatoms. The second-order valence-electron chi connectivity index (χ2n) is 4.35. The monoisotopic (exact) mass is 230 g/mol. The summed E-state index contributed by atoms with van der Waals surface area (Å²) in [5.74, 6) is 0.731. The lowest BCUT2D eigenvalue weighted by atomic mass is 9.98. The Morgan fingerprint density at radius 3 is 2.88 bits per heavy atom. The van der Waals surface area contributed by atoms with Gasteiger partial charge in [0.05, 0.1) is 13.9 Å². The van der Waals surface area contributed by atoms with Crippen molar-refractivity contribution in [3.63, 3.8) is 0 Å². The van der Waals surface area contributed by atoms with Crippen LogP contribution in [0.4, 0.5) is 0 Å². The van der Waals surface area contributed by atoms with Crippen molar-refractivity contribution in [1.82, 2.24) is 25.1 Å². The van der Waals surface area contributed by atoms with Crippen molar-refractivity contribution in [2.24, 2.45) is 0 Å². The third kappa shape index (κ3) is 1.63. The molecule has 1 aliphatic rings. The molecule has 0 saturated heterocycles. The van der Waals surface area contributed by atoms with Crippen LogP contribution in [0.1, 0.15) is 25.7 Å². The Bertz CT molecular complexity index is 555. The van der Waals surface area contributed by atoms with Crippen molar-refractivity contribution in [2.75, 3.05) is 7.05 Å². The van der Waals surface area contributed by atoms with E-state index in [0.717, 1.165) is 11.4 Å². The molecule has 1 aliphatic heterocycles. The number of hydrogen-bond donors (Lipinski definition) is 0. The highest BCUT2D eigenvalue weighted by molar-refractivity contribution is 5.22. The molecule has 2 aromatic rings. The van der Waals surface area contributed by atoms with E-state index < -0.39 is 6.02 Å². The van der Waals surface area contributed by atoms with Crippen molar-refractivity contribution in [3.8, 4) is 0 Å². The number of fused-ring (bicyclic) bond motifs is 1. The molecule has 0 bridgehead atoms. The maximum Gasteiger partial charge on any atom is 0.166 e. The van der Waals surface area contributed by atoms with Gasteiger partial charge in [0.2, 0.25) is 0 Å². The summed E-state index contributed by atoms with van der Waals surface area (Å²) in [6.07, 6.45) is 0. The van der Waals surface area contributed by atoms with E-state index in [4.69, 9.17) is 1.37 Å². The minimum atomic E-state index is -0.979. The van der Waals surface area contributed by atoms with E-state index in [-0.39, 0.29) is 6.04 Å². The smallest absolute Gasteiger partial charge is 0.166 e. The van der Waals surface area contributed by atoms with Crippen molar-refractivity contribution in [1.29, 1.82) is 0 Å². The third-order valence-electron chi connectivity index (χ3n) is 3.28. The van der Waals surface area contributed by atoms with Crippen molar-refractivity contribution in [3.05, 3.63) is 41.7 Å². The Labute approximate surface area is 101 Å². The molecule has 0 amide bonds. The molecule has 3 rings (SSSR count). The first-order valence-corrected chi connectivity index (χ1v) is 5.67. The Morgan fingerprint density at radius 2 is 2.12 bits per heavy atom. The highest BCUT2D eigenvalue weighted by Crippen LogP contribution is 2.29. The SMILES string of the molecule is [2H][C@]1(c2ccccc2)[C@H](C)N(C)Cc2nnnn21. The van der Waals surface area contributed by atoms with Crippen LogP contribution >= 0.6 is 0 Å². The predicted molar refractivity (Wildman–Crippen MR) is 63.3 cm³/mol. The molecule has 5 nitrogen and oxygen atoms in total. The van der Waals surface area contributed by atoms with Gasteiger partial charge in [0, 0.05) is 6.04 Å².